The van der Waals surface area contributed by atoms with Crippen molar-refractivity contribution in [1.29, 1.82) is 0 Å². The highest BCUT2D eigenvalue weighted by Crippen LogP contribution is 2.22. The molecule has 1 amide bonds. The Balaban J connectivity index is 1.59. The summed E-state index contributed by atoms with van der Waals surface area (Å²) in [5, 5.41) is 2.83. The van der Waals surface area contributed by atoms with Crippen molar-refractivity contribution in [3.63, 3.8) is 0 Å². The highest BCUT2D eigenvalue weighted by Gasteiger charge is 2.31. The summed E-state index contributed by atoms with van der Waals surface area (Å²) in [5.74, 6) is -0.930. The van der Waals surface area contributed by atoms with Gasteiger partial charge in [0.25, 0.3) is 15.9 Å². The van der Waals surface area contributed by atoms with Gasteiger partial charge in [-0.05, 0) is 31.9 Å². The number of amides is 1. The Morgan fingerprint density at radius 2 is 2.00 bits per heavy atom. The molecule has 8 nitrogen and oxygen atoms in total. The Morgan fingerprint density at radius 1 is 1.31 bits per heavy atom. The highest BCUT2D eigenvalue weighted by molar-refractivity contribution is 7.90. The first-order chi connectivity index (χ1) is 12.4. The Hall–Kier alpha value is -2.42. The number of nitrogens with one attached hydrogen (secondary N) is 2. The number of carbonyl (C=O) groups excluding carboxylic acids is 2. The van der Waals surface area contributed by atoms with Crippen LogP contribution >= 0.6 is 0 Å². The van der Waals surface area contributed by atoms with Gasteiger partial charge in [0.1, 0.15) is 11.9 Å². The molecule has 0 radical (unpaired) electrons. The maximum absolute atomic E-state index is 12.1. The third-order valence-corrected chi connectivity index (χ3v) is 5.79. The number of carbonyl (C=O) groups is 2. The van der Waals surface area contributed by atoms with Gasteiger partial charge in [0.2, 0.25) is 0 Å². The third kappa shape index (κ3) is 4.04. The van der Waals surface area contributed by atoms with Crippen LogP contribution in [0.1, 0.15) is 38.2 Å². The van der Waals surface area contributed by atoms with Gasteiger partial charge >= 0.3 is 5.97 Å². The lowest BCUT2D eigenvalue weighted by atomic mass is 10.2. The normalized spacial score (nSPS) is 21.0. The van der Waals surface area contributed by atoms with Crippen molar-refractivity contribution in [3.05, 3.63) is 29.8 Å². The van der Waals surface area contributed by atoms with Gasteiger partial charge in [0.05, 0.1) is 4.90 Å². The standard InChI is InChI=1S/C17H21N3O5S/c1-11(17(22)25-10-15(21)19-12-6-2-3-7-12)18-16-13-8-4-5-9-14(13)26(23,24)20-16/h4-5,8-9,11-12H,2-3,6-7,10H2,1H3,(H,18,20)(H,19,21)/t11-/m0/s1. The molecule has 1 aromatic carbocycles. The van der Waals surface area contributed by atoms with Crippen LogP contribution in [-0.4, -0.2) is 44.8 Å². The highest BCUT2D eigenvalue weighted by atomic mass is 32.2. The lowest BCUT2D eigenvalue weighted by Gasteiger charge is -2.13. The molecule has 0 aromatic heterocycles. The maximum atomic E-state index is 12.1. The van der Waals surface area contributed by atoms with Gasteiger partial charge in [0.15, 0.2) is 6.61 Å². The van der Waals surface area contributed by atoms with E-state index in [0.717, 1.165) is 25.7 Å². The number of hydrogen-bond donors (Lipinski definition) is 2. The molecule has 1 aliphatic heterocycles. The molecule has 1 heterocycles. The van der Waals surface area contributed by atoms with E-state index in [0.29, 0.717) is 5.56 Å². The summed E-state index contributed by atoms with van der Waals surface area (Å²) in [4.78, 5) is 28.1. The van der Waals surface area contributed by atoms with E-state index >= 15 is 0 Å². The number of nitrogens with zero attached hydrogens (tertiary/aromatic N) is 1. The molecule has 1 aromatic rings. The Kier molecular flexibility index (Phi) is 5.26. The third-order valence-electron chi connectivity index (χ3n) is 4.39. The summed E-state index contributed by atoms with van der Waals surface area (Å²) in [7, 11) is -3.66. The average molecular weight is 379 g/mol. The van der Waals surface area contributed by atoms with Crippen molar-refractivity contribution in [1.82, 2.24) is 10.0 Å². The summed E-state index contributed by atoms with van der Waals surface area (Å²) < 4.78 is 31.4. The number of aliphatic imine (C=N–C) groups is 1. The van der Waals surface area contributed by atoms with Crippen LogP contribution in [0.4, 0.5) is 0 Å². The quantitative estimate of drug-likeness (QED) is 0.732. The molecule has 1 saturated carbocycles. The fourth-order valence-electron chi connectivity index (χ4n) is 3.07. The first-order valence-corrected chi connectivity index (χ1v) is 10.0. The second kappa shape index (κ2) is 7.45. The average Bonchev–Trinajstić information content (AvgIpc) is 3.19. The van der Waals surface area contributed by atoms with Gasteiger partial charge in [-0.3, -0.25) is 14.5 Å². The van der Waals surface area contributed by atoms with Gasteiger partial charge in [-0.15, -0.1) is 0 Å². The molecule has 2 N–H and O–H groups in total. The van der Waals surface area contributed by atoms with Crippen LogP contribution in [-0.2, 0) is 24.3 Å². The molecule has 0 spiro atoms. The van der Waals surface area contributed by atoms with E-state index in [-0.39, 0.29) is 29.3 Å². The second-order valence-corrected chi connectivity index (χ2v) is 8.06. The largest absolute Gasteiger partial charge is 0.454 e. The molecular formula is C17H21N3O5S. The van der Waals surface area contributed by atoms with Crippen LogP contribution in [0.5, 0.6) is 0 Å². The Morgan fingerprint density at radius 3 is 2.73 bits per heavy atom. The van der Waals surface area contributed by atoms with Gasteiger partial charge in [-0.1, -0.05) is 25.0 Å². The zero-order chi connectivity index (χ0) is 18.7. The van der Waals surface area contributed by atoms with Crippen LogP contribution in [0.15, 0.2) is 34.2 Å². The van der Waals surface area contributed by atoms with Gasteiger partial charge in [-0.25, -0.2) is 13.2 Å². The number of hydrogen-bond acceptors (Lipinski definition) is 6. The van der Waals surface area contributed by atoms with Crippen molar-refractivity contribution in [2.24, 2.45) is 4.99 Å². The zero-order valence-corrected chi connectivity index (χ0v) is 15.2. The van der Waals surface area contributed by atoms with Crippen LogP contribution < -0.4 is 10.0 Å². The first kappa shape index (κ1) is 18.4. The van der Waals surface area contributed by atoms with E-state index in [1.54, 1.807) is 18.2 Å². The van der Waals surface area contributed by atoms with Crippen LogP contribution in [0.2, 0.25) is 0 Å². The van der Waals surface area contributed by atoms with Crippen molar-refractivity contribution in [2.45, 2.75) is 49.6 Å². The molecule has 26 heavy (non-hydrogen) atoms. The van der Waals surface area contributed by atoms with E-state index in [9.17, 15) is 18.0 Å². The molecular weight excluding hydrogens is 358 g/mol. The molecule has 9 heteroatoms. The fraction of sp³-hybridized carbons (Fsp3) is 0.471. The lowest BCUT2D eigenvalue weighted by Crippen LogP contribution is -2.36. The minimum absolute atomic E-state index is 0.0976. The minimum Gasteiger partial charge on any atom is -0.454 e. The Bertz CT molecular complexity index is 844. The van der Waals surface area contributed by atoms with E-state index < -0.39 is 22.0 Å². The van der Waals surface area contributed by atoms with E-state index in [4.69, 9.17) is 4.74 Å². The van der Waals surface area contributed by atoms with Crippen molar-refractivity contribution in [3.8, 4) is 0 Å². The molecule has 0 unspecified atom stereocenters. The smallest absolute Gasteiger partial charge is 0.331 e. The van der Waals surface area contributed by atoms with Crippen molar-refractivity contribution < 1.29 is 22.7 Å². The van der Waals surface area contributed by atoms with E-state index in [1.807, 2.05) is 0 Å². The number of rotatable bonds is 5. The molecule has 0 bridgehead atoms. The summed E-state index contributed by atoms with van der Waals surface area (Å²) in [6.07, 6.45) is 4.08. The van der Waals surface area contributed by atoms with Crippen LogP contribution in [0.3, 0.4) is 0 Å². The van der Waals surface area contributed by atoms with Crippen molar-refractivity contribution >= 4 is 27.7 Å². The lowest BCUT2D eigenvalue weighted by molar-refractivity contribution is -0.149. The number of fused-ring (bicyclic) bond motifs is 1. The topological polar surface area (TPSA) is 114 Å². The molecule has 3 rings (SSSR count). The predicted molar refractivity (Wildman–Crippen MR) is 94.1 cm³/mol. The number of esters is 1. The zero-order valence-electron chi connectivity index (χ0n) is 14.4. The summed E-state index contributed by atoms with van der Waals surface area (Å²) >= 11 is 0. The summed E-state index contributed by atoms with van der Waals surface area (Å²) in [5.41, 5.74) is 0.408. The van der Waals surface area contributed by atoms with Gasteiger partial charge < -0.3 is 10.1 Å². The van der Waals surface area contributed by atoms with Crippen LogP contribution in [0, 0.1) is 0 Å². The Labute approximate surface area is 152 Å². The SMILES string of the molecule is C[C@H](N=C1NS(=O)(=O)c2ccccc21)C(=O)OCC(=O)NC1CCCC1. The molecule has 2 aliphatic rings. The number of sulfonamides is 1. The molecule has 1 atom stereocenters. The van der Waals surface area contributed by atoms with E-state index in [2.05, 4.69) is 15.0 Å². The van der Waals surface area contributed by atoms with Crippen LogP contribution in [0.25, 0.3) is 0 Å². The number of benzene rings is 1. The van der Waals surface area contributed by atoms with Crippen molar-refractivity contribution in [2.75, 3.05) is 6.61 Å². The number of amidine groups is 1. The molecule has 140 valence electrons. The van der Waals surface area contributed by atoms with Gasteiger partial charge in [0, 0.05) is 11.6 Å². The number of ether oxygens (including phenoxy) is 1. The summed E-state index contributed by atoms with van der Waals surface area (Å²) in [6.45, 7) is 1.12. The second-order valence-electron chi connectivity index (χ2n) is 6.41. The molecule has 0 saturated heterocycles. The summed E-state index contributed by atoms with van der Waals surface area (Å²) in [6, 6.07) is 5.59. The monoisotopic (exact) mass is 379 g/mol. The van der Waals surface area contributed by atoms with Gasteiger partial charge in [-0.2, -0.15) is 0 Å². The maximum Gasteiger partial charge on any atom is 0.331 e. The van der Waals surface area contributed by atoms with E-state index in [1.165, 1.54) is 13.0 Å². The predicted octanol–water partition coefficient (Wildman–Crippen LogP) is 0.716. The fourth-order valence-corrected chi connectivity index (χ4v) is 4.31. The first-order valence-electron chi connectivity index (χ1n) is 8.53. The molecule has 1 fully saturated rings. The molecule has 1 aliphatic carbocycles. The minimum atomic E-state index is -3.66.